The summed E-state index contributed by atoms with van der Waals surface area (Å²) in [5.74, 6) is -1.55. The van der Waals surface area contributed by atoms with E-state index in [4.69, 9.17) is 21.4 Å². The Morgan fingerprint density at radius 2 is 1.38 bits per heavy atom. The minimum Gasteiger partial charge on any atom is -0.478 e. The van der Waals surface area contributed by atoms with Crippen LogP contribution in [0.15, 0.2) is 40.1 Å². The van der Waals surface area contributed by atoms with E-state index < -0.39 is 39.4 Å². The number of fused-ring (bicyclic) bond motifs is 1. The highest BCUT2D eigenvalue weighted by Crippen LogP contribution is 2.34. The van der Waals surface area contributed by atoms with Gasteiger partial charge in [-0.25, -0.2) is 21.6 Å². The predicted octanol–water partition coefficient (Wildman–Crippen LogP) is 2.39. The molecule has 0 aromatic heterocycles. The SMILES string of the molecule is O=C(O)c1c(S(=O)(=O)Cl)cc(S(=O)(=O)Cl)c2ccccc12. The Hall–Kier alpha value is -1.35. The van der Waals surface area contributed by atoms with E-state index in [1.54, 1.807) is 0 Å². The summed E-state index contributed by atoms with van der Waals surface area (Å²) in [6.45, 7) is 0. The second-order valence-corrected chi connectivity index (χ2v) is 9.04. The molecule has 0 saturated heterocycles. The molecule has 0 saturated carbocycles. The molecule has 112 valence electrons. The van der Waals surface area contributed by atoms with Crippen LogP contribution in [-0.4, -0.2) is 27.9 Å². The van der Waals surface area contributed by atoms with Crippen molar-refractivity contribution in [1.29, 1.82) is 0 Å². The van der Waals surface area contributed by atoms with Crippen LogP contribution in [0, 0.1) is 0 Å². The smallest absolute Gasteiger partial charge is 0.337 e. The van der Waals surface area contributed by atoms with Gasteiger partial charge in [-0.05, 0) is 11.5 Å². The van der Waals surface area contributed by atoms with Crippen LogP contribution in [0.25, 0.3) is 10.8 Å². The number of halogens is 2. The number of hydrogen-bond acceptors (Lipinski definition) is 5. The summed E-state index contributed by atoms with van der Waals surface area (Å²) in [6, 6.07) is 6.15. The lowest BCUT2D eigenvalue weighted by Crippen LogP contribution is -2.08. The number of carboxylic acids is 1. The van der Waals surface area contributed by atoms with Crippen LogP contribution in [0.1, 0.15) is 10.4 Å². The predicted molar refractivity (Wildman–Crippen MR) is 77.0 cm³/mol. The standard InChI is InChI=1S/C11H6Cl2O6S2/c12-20(16,17)8-5-9(21(13,18)19)10(11(14)15)7-4-2-1-3-6(7)8/h1-5H,(H,14,15). The van der Waals surface area contributed by atoms with E-state index >= 15 is 0 Å². The van der Waals surface area contributed by atoms with Crippen molar-refractivity contribution in [2.75, 3.05) is 0 Å². The zero-order valence-corrected chi connectivity index (χ0v) is 13.1. The van der Waals surface area contributed by atoms with Crippen molar-refractivity contribution < 1.29 is 26.7 Å². The first-order chi connectivity index (χ1) is 9.53. The molecule has 0 aliphatic heterocycles. The molecule has 0 spiro atoms. The summed E-state index contributed by atoms with van der Waals surface area (Å²) in [5.41, 5.74) is -0.607. The molecular formula is C11H6Cl2O6S2. The van der Waals surface area contributed by atoms with Gasteiger partial charge in [0.25, 0.3) is 18.1 Å². The van der Waals surface area contributed by atoms with Crippen LogP contribution in [0.5, 0.6) is 0 Å². The Kier molecular flexibility index (Phi) is 3.92. The summed E-state index contributed by atoms with van der Waals surface area (Å²) in [4.78, 5) is 9.99. The molecule has 0 atom stereocenters. The quantitative estimate of drug-likeness (QED) is 0.833. The van der Waals surface area contributed by atoms with Crippen molar-refractivity contribution in [1.82, 2.24) is 0 Å². The highest BCUT2D eigenvalue weighted by molar-refractivity contribution is 8.14. The molecule has 2 rings (SSSR count). The van der Waals surface area contributed by atoms with Gasteiger partial charge >= 0.3 is 5.97 Å². The molecule has 0 radical (unpaired) electrons. The topological polar surface area (TPSA) is 106 Å². The summed E-state index contributed by atoms with van der Waals surface area (Å²) in [6.07, 6.45) is 0. The van der Waals surface area contributed by atoms with Gasteiger partial charge in [0.2, 0.25) is 0 Å². The second kappa shape index (κ2) is 5.13. The van der Waals surface area contributed by atoms with Crippen LogP contribution in [0.3, 0.4) is 0 Å². The molecule has 2 aromatic rings. The van der Waals surface area contributed by atoms with Crippen molar-refractivity contribution in [2.45, 2.75) is 9.79 Å². The first-order valence-electron chi connectivity index (χ1n) is 5.22. The molecule has 0 fully saturated rings. The summed E-state index contributed by atoms with van der Waals surface area (Å²) in [5, 5.41) is 9.12. The average molecular weight is 369 g/mol. The first kappa shape index (κ1) is 16.0. The maximum absolute atomic E-state index is 11.6. The fraction of sp³-hybridized carbons (Fsp3) is 0. The average Bonchev–Trinajstić information content (AvgIpc) is 2.34. The van der Waals surface area contributed by atoms with Gasteiger partial charge in [0.15, 0.2) is 0 Å². The van der Waals surface area contributed by atoms with Crippen molar-refractivity contribution in [2.24, 2.45) is 0 Å². The molecule has 0 aliphatic carbocycles. The lowest BCUT2D eigenvalue weighted by molar-refractivity contribution is 0.0695. The van der Waals surface area contributed by atoms with Crippen LogP contribution >= 0.6 is 21.4 Å². The summed E-state index contributed by atoms with van der Waals surface area (Å²) >= 11 is 0. The Morgan fingerprint density at radius 1 is 0.905 bits per heavy atom. The van der Waals surface area contributed by atoms with E-state index in [0.29, 0.717) is 6.07 Å². The normalized spacial score (nSPS) is 12.5. The highest BCUT2D eigenvalue weighted by atomic mass is 35.7. The van der Waals surface area contributed by atoms with E-state index in [1.165, 1.54) is 24.3 Å². The minimum absolute atomic E-state index is 0.00559. The Labute approximate surface area is 128 Å². The van der Waals surface area contributed by atoms with Crippen LogP contribution < -0.4 is 0 Å². The molecular weight excluding hydrogens is 363 g/mol. The molecule has 0 aliphatic rings. The Morgan fingerprint density at radius 3 is 1.81 bits per heavy atom. The van der Waals surface area contributed by atoms with Crippen molar-refractivity contribution >= 4 is 56.2 Å². The Bertz CT molecular complexity index is 964. The van der Waals surface area contributed by atoms with Gasteiger partial charge in [-0.2, -0.15) is 0 Å². The Balaban J connectivity index is 3.19. The fourth-order valence-corrected chi connectivity index (χ4v) is 4.15. The van der Waals surface area contributed by atoms with Crippen molar-refractivity contribution in [3.05, 3.63) is 35.9 Å². The number of hydrogen-bond donors (Lipinski definition) is 1. The number of carboxylic acid groups (broad SMARTS) is 1. The fourth-order valence-electron chi connectivity index (χ4n) is 1.93. The third-order valence-corrected chi connectivity index (χ3v) is 5.42. The molecule has 0 amide bonds. The van der Waals surface area contributed by atoms with Gasteiger partial charge in [0.05, 0.1) is 15.4 Å². The lowest BCUT2D eigenvalue weighted by atomic mass is 10.0. The van der Waals surface area contributed by atoms with E-state index in [0.717, 1.165) is 0 Å². The van der Waals surface area contributed by atoms with Gasteiger partial charge in [-0.1, -0.05) is 24.3 Å². The van der Waals surface area contributed by atoms with Gasteiger partial charge in [0, 0.05) is 26.8 Å². The largest absolute Gasteiger partial charge is 0.478 e. The van der Waals surface area contributed by atoms with Crippen molar-refractivity contribution in [3.8, 4) is 0 Å². The molecule has 0 heterocycles. The van der Waals surface area contributed by atoms with E-state index in [9.17, 15) is 26.7 Å². The third kappa shape index (κ3) is 2.98. The first-order valence-corrected chi connectivity index (χ1v) is 9.83. The van der Waals surface area contributed by atoms with Gasteiger partial charge in [-0.3, -0.25) is 0 Å². The molecule has 6 nitrogen and oxygen atoms in total. The second-order valence-electron chi connectivity index (χ2n) is 3.97. The van der Waals surface area contributed by atoms with Gasteiger partial charge < -0.3 is 5.11 Å². The molecule has 10 heteroatoms. The summed E-state index contributed by atoms with van der Waals surface area (Å²) < 4.78 is 46.3. The minimum atomic E-state index is -4.48. The van der Waals surface area contributed by atoms with Crippen LogP contribution in [0.2, 0.25) is 0 Å². The van der Waals surface area contributed by atoms with Crippen LogP contribution in [0.4, 0.5) is 0 Å². The zero-order valence-electron chi connectivity index (χ0n) is 9.95. The van der Waals surface area contributed by atoms with Gasteiger partial charge in [-0.15, -0.1) is 0 Å². The monoisotopic (exact) mass is 368 g/mol. The lowest BCUT2D eigenvalue weighted by Gasteiger charge is -2.10. The zero-order chi connectivity index (χ0) is 16.0. The van der Waals surface area contributed by atoms with E-state index in [1.807, 2.05) is 0 Å². The molecule has 0 unspecified atom stereocenters. The molecule has 21 heavy (non-hydrogen) atoms. The number of aromatic carboxylic acids is 1. The van der Waals surface area contributed by atoms with Crippen LogP contribution in [-0.2, 0) is 18.1 Å². The van der Waals surface area contributed by atoms with E-state index in [-0.39, 0.29) is 10.8 Å². The summed E-state index contributed by atoms with van der Waals surface area (Å²) in [7, 11) is 1.70. The third-order valence-electron chi connectivity index (χ3n) is 2.71. The molecule has 2 aromatic carbocycles. The van der Waals surface area contributed by atoms with Gasteiger partial charge in [0.1, 0.15) is 0 Å². The number of carbonyl (C=O) groups is 1. The molecule has 0 bridgehead atoms. The highest BCUT2D eigenvalue weighted by Gasteiger charge is 2.28. The van der Waals surface area contributed by atoms with E-state index in [2.05, 4.69) is 0 Å². The maximum Gasteiger partial charge on any atom is 0.337 e. The number of rotatable bonds is 3. The van der Waals surface area contributed by atoms with Crippen molar-refractivity contribution in [3.63, 3.8) is 0 Å². The molecule has 1 N–H and O–H groups in total. The number of benzene rings is 2. The maximum atomic E-state index is 11.6.